The van der Waals surface area contributed by atoms with Crippen LogP contribution in [0.1, 0.15) is 38.5 Å². The maximum Gasteiger partial charge on any atom is 0.228 e. The van der Waals surface area contributed by atoms with Gasteiger partial charge in [-0.25, -0.2) is 0 Å². The molecule has 0 spiro atoms. The van der Waals surface area contributed by atoms with E-state index in [0.717, 1.165) is 44.2 Å². The molecule has 1 fully saturated rings. The van der Waals surface area contributed by atoms with Gasteiger partial charge in [0.05, 0.1) is 0 Å². The number of nitrogens with one attached hydrogen (secondary N) is 1. The van der Waals surface area contributed by atoms with Crippen LogP contribution in [-0.4, -0.2) is 10.9 Å². The van der Waals surface area contributed by atoms with E-state index in [2.05, 4.69) is 34.6 Å². The number of allylic oxidation sites excluding steroid dienone is 4. The second-order valence-electron chi connectivity index (χ2n) is 6.25. The zero-order chi connectivity index (χ0) is 15.2. The average molecular weight is 296 g/mol. The van der Waals surface area contributed by atoms with Crippen LogP contribution >= 0.6 is 0 Å². The Hall–Kier alpha value is -1.90. The highest BCUT2D eigenvalue weighted by Crippen LogP contribution is 2.52. The van der Waals surface area contributed by atoms with Gasteiger partial charge in [-0.15, -0.1) is 0 Å². The topological polar surface area (TPSA) is 42.0 Å². The molecule has 1 N–H and O–H groups in total. The van der Waals surface area contributed by atoms with Gasteiger partial charge in [0, 0.05) is 24.0 Å². The van der Waals surface area contributed by atoms with E-state index in [1.54, 1.807) is 12.4 Å². The first-order valence-corrected chi connectivity index (χ1v) is 8.37. The molecule has 2 unspecified atom stereocenters. The maximum absolute atomic E-state index is 12.5. The summed E-state index contributed by atoms with van der Waals surface area (Å²) in [6, 6.07) is 3.69. The largest absolute Gasteiger partial charge is 0.326 e. The zero-order valence-electron chi connectivity index (χ0n) is 12.9. The minimum atomic E-state index is 0.184. The van der Waals surface area contributed by atoms with Crippen LogP contribution < -0.4 is 5.32 Å². The fourth-order valence-electron chi connectivity index (χ4n) is 3.52. The van der Waals surface area contributed by atoms with Crippen LogP contribution in [0.3, 0.4) is 0 Å². The van der Waals surface area contributed by atoms with Crippen molar-refractivity contribution in [3.8, 4) is 0 Å². The lowest BCUT2D eigenvalue weighted by atomic mass is 10.1. The van der Waals surface area contributed by atoms with Crippen molar-refractivity contribution in [1.29, 1.82) is 0 Å². The van der Waals surface area contributed by atoms with Crippen molar-refractivity contribution in [3.63, 3.8) is 0 Å². The van der Waals surface area contributed by atoms with Gasteiger partial charge in [-0.05, 0) is 62.5 Å². The first-order valence-electron chi connectivity index (χ1n) is 8.37. The molecule has 0 bridgehead atoms. The van der Waals surface area contributed by atoms with Crippen molar-refractivity contribution in [1.82, 2.24) is 4.98 Å². The normalized spacial score (nSPS) is 28.1. The highest BCUT2D eigenvalue weighted by atomic mass is 16.2. The summed E-state index contributed by atoms with van der Waals surface area (Å²) in [4.78, 5) is 16.5. The molecule has 3 nitrogen and oxygen atoms in total. The van der Waals surface area contributed by atoms with E-state index >= 15 is 0 Å². The molecule has 0 radical (unpaired) electrons. The molecule has 22 heavy (non-hydrogen) atoms. The van der Waals surface area contributed by atoms with Gasteiger partial charge in [-0.3, -0.25) is 9.78 Å². The minimum absolute atomic E-state index is 0.184. The standard InChI is InChI=1S/C19H24N2O/c22-19(21-15-11-13-20-14-12-15)18-16-9-7-5-3-1-2-4-6-8-10-17(16)18/h3-6,11-14,16-18H,1-2,7-10H2,(H,20,21,22). The highest BCUT2D eigenvalue weighted by Gasteiger charge is 2.52. The lowest BCUT2D eigenvalue weighted by molar-refractivity contribution is -0.117. The van der Waals surface area contributed by atoms with Gasteiger partial charge in [-0.2, -0.15) is 0 Å². The lowest BCUT2D eigenvalue weighted by Crippen LogP contribution is -2.15. The highest BCUT2D eigenvalue weighted by molar-refractivity contribution is 5.94. The Bertz CT molecular complexity index is 526. The van der Waals surface area contributed by atoms with Gasteiger partial charge >= 0.3 is 0 Å². The van der Waals surface area contributed by atoms with Crippen LogP contribution in [0.5, 0.6) is 0 Å². The Labute approximate surface area is 132 Å². The second-order valence-corrected chi connectivity index (χ2v) is 6.25. The molecule has 3 heteroatoms. The summed E-state index contributed by atoms with van der Waals surface area (Å²) in [6.45, 7) is 0. The summed E-state index contributed by atoms with van der Waals surface area (Å²) in [7, 11) is 0. The summed E-state index contributed by atoms with van der Waals surface area (Å²) in [6.07, 6.45) is 19.3. The van der Waals surface area contributed by atoms with Crippen molar-refractivity contribution >= 4 is 11.6 Å². The molecule has 0 aromatic carbocycles. The Morgan fingerprint density at radius 1 is 0.909 bits per heavy atom. The van der Waals surface area contributed by atoms with Gasteiger partial charge in [0.1, 0.15) is 0 Å². The van der Waals surface area contributed by atoms with Gasteiger partial charge in [0.25, 0.3) is 0 Å². The number of carbonyl (C=O) groups excluding carboxylic acids is 1. The number of carbonyl (C=O) groups is 1. The third kappa shape index (κ3) is 3.85. The summed E-state index contributed by atoms with van der Waals surface area (Å²) < 4.78 is 0. The van der Waals surface area contributed by atoms with E-state index in [9.17, 15) is 4.79 Å². The molecule has 1 heterocycles. The van der Waals surface area contributed by atoms with Crippen LogP contribution in [-0.2, 0) is 4.79 Å². The molecule has 1 aromatic heterocycles. The van der Waals surface area contributed by atoms with Gasteiger partial charge < -0.3 is 5.32 Å². The predicted octanol–water partition coefficient (Wildman–Crippen LogP) is 4.35. The molecular formula is C19H24N2O. The van der Waals surface area contributed by atoms with Crippen LogP contribution in [0.25, 0.3) is 0 Å². The predicted molar refractivity (Wildman–Crippen MR) is 89.3 cm³/mol. The Morgan fingerprint density at radius 3 is 2.05 bits per heavy atom. The fourth-order valence-corrected chi connectivity index (χ4v) is 3.52. The molecular weight excluding hydrogens is 272 g/mol. The van der Waals surface area contributed by atoms with Crippen LogP contribution in [0.4, 0.5) is 5.69 Å². The number of aromatic nitrogens is 1. The number of anilines is 1. The Morgan fingerprint density at radius 2 is 1.45 bits per heavy atom. The van der Waals surface area contributed by atoms with Crippen molar-refractivity contribution in [2.24, 2.45) is 17.8 Å². The first-order chi connectivity index (χ1) is 10.9. The van der Waals surface area contributed by atoms with E-state index in [4.69, 9.17) is 0 Å². The maximum atomic E-state index is 12.5. The second kappa shape index (κ2) is 7.39. The summed E-state index contributed by atoms with van der Waals surface area (Å²) >= 11 is 0. The number of pyridine rings is 1. The fraction of sp³-hybridized carbons (Fsp3) is 0.474. The number of hydrogen-bond acceptors (Lipinski definition) is 2. The third-order valence-corrected chi connectivity index (χ3v) is 4.75. The van der Waals surface area contributed by atoms with E-state index in [-0.39, 0.29) is 11.8 Å². The van der Waals surface area contributed by atoms with Crippen LogP contribution in [0, 0.1) is 17.8 Å². The Balaban J connectivity index is 1.60. The van der Waals surface area contributed by atoms with Gasteiger partial charge in [-0.1, -0.05) is 24.3 Å². The van der Waals surface area contributed by atoms with Crippen molar-refractivity contribution in [3.05, 3.63) is 48.8 Å². The monoisotopic (exact) mass is 296 g/mol. The minimum Gasteiger partial charge on any atom is -0.326 e. The number of hydrogen-bond donors (Lipinski definition) is 1. The lowest BCUT2D eigenvalue weighted by Gasteiger charge is -2.04. The molecule has 1 aromatic rings. The number of fused-ring (bicyclic) bond motifs is 1. The molecule has 0 saturated heterocycles. The van der Waals surface area contributed by atoms with E-state index in [1.807, 2.05) is 12.1 Å². The van der Waals surface area contributed by atoms with Crippen molar-refractivity contribution < 1.29 is 4.79 Å². The summed E-state index contributed by atoms with van der Waals surface area (Å²) in [5, 5.41) is 3.04. The third-order valence-electron chi connectivity index (χ3n) is 4.75. The van der Waals surface area contributed by atoms with Crippen molar-refractivity contribution in [2.75, 3.05) is 5.32 Å². The Kier molecular flexibility index (Phi) is 5.04. The first kappa shape index (κ1) is 15.0. The molecule has 2 aliphatic carbocycles. The molecule has 2 atom stereocenters. The number of nitrogens with zero attached hydrogens (tertiary/aromatic N) is 1. The van der Waals surface area contributed by atoms with Crippen molar-refractivity contribution in [2.45, 2.75) is 38.5 Å². The van der Waals surface area contributed by atoms with Gasteiger partial charge in [0.15, 0.2) is 0 Å². The molecule has 1 saturated carbocycles. The quantitative estimate of drug-likeness (QED) is 0.824. The molecule has 116 valence electrons. The van der Waals surface area contributed by atoms with Crippen LogP contribution in [0.15, 0.2) is 48.8 Å². The zero-order valence-corrected chi connectivity index (χ0v) is 12.9. The van der Waals surface area contributed by atoms with E-state index in [0.29, 0.717) is 11.8 Å². The molecule has 2 aliphatic rings. The molecule has 3 rings (SSSR count). The SMILES string of the molecule is O=C(Nc1ccncc1)C1C2CCC=CCCC=CCCC21. The van der Waals surface area contributed by atoms with E-state index < -0.39 is 0 Å². The number of amides is 1. The van der Waals surface area contributed by atoms with Crippen LogP contribution in [0.2, 0.25) is 0 Å². The van der Waals surface area contributed by atoms with E-state index in [1.165, 1.54) is 0 Å². The molecule has 1 amide bonds. The molecule has 0 aliphatic heterocycles. The smallest absolute Gasteiger partial charge is 0.228 e. The average Bonchev–Trinajstić information content (AvgIpc) is 3.21. The summed E-state index contributed by atoms with van der Waals surface area (Å²) in [5.41, 5.74) is 0.849. The summed E-state index contributed by atoms with van der Waals surface area (Å²) in [5.74, 6) is 1.48. The van der Waals surface area contributed by atoms with Gasteiger partial charge in [0.2, 0.25) is 5.91 Å². The number of rotatable bonds is 2.